The third-order valence-electron chi connectivity index (χ3n) is 3.74. The molecule has 136 valence electrons. The van der Waals surface area contributed by atoms with Crippen LogP contribution in [0.3, 0.4) is 0 Å². The SMILES string of the molecule is CC1C=C(NC2=NS(=O)(=O)N=C2Nc2ccccc2)C(O)=CC1[N+](=O)[O-]. The van der Waals surface area contributed by atoms with Crippen LogP contribution in [0.1, 0.15) is 6.92 Å². The Hall–Kier alpha value is -3.21. The molecule has 0 saturated heterocycles. The molecule has 2 unspecified atom stereocenters. The van der Waals surface area contributed by atoms with Crippen molar-refractivity contribution in [1.82, 2.24) is 5.32 Å². The highest BCUT2D eigenvalue weighted by Crippen LogP contribution is 2.22. The van der Waals surface area contributed by atoms with Crippen LogP contribution in [-0.2, 0) is 10.2 Å². The topological polar surface area (TPSA) is 146 Å². The van der Waals surface area contributed by atoms with E-state index in [0.717, 1.165) is 6.08 Å². The molecule has 0 radical (unpaired) electrons. The zero-order valence-corrected chi connectivity index (χ0v) is 14.3. The van der Waals surface area contributed by atoms with Gasteiger partial charge < -0.3 is 15.7 Å². The fourth-order valence-electron chi connectivity index (χ4n) is 2.50. The minimum atomic E-state index is -4.06. The third-order valence-corrected chi connectivity index (χ3v) is 4.57. The highest BCUT2D eigenvalue weighted by atomic mass is 32.2. The maximum atomic E-state index is 11.7. The van der Waals surface area contributed by atoms with E-state index in [-0.39, 0.29) is 23.1 Å². The Labute approximate surface area is 149 Å². The van der Waals surface area contributed by atoms with Crippen molar-refractivity contribution in [3.63, 3.8) is 0 Å². The molecule has 0 saturated carbocycles. The molecule has 1 aliphatic carbocycles. The number of aliphatic hydroxyl groups is 1. The van der Waals surface area contributed by atoms with Gasteiger partial charge in [-0.05, 0) is 18.2 Å². The van der Waals surface area contributed by atoms with E-state index in [2.05, 4.69) is 19.4 Å². The van der Waals surface area contributed by atoms with Crippen LogP contribution in [0, 0.1) is 16.0 Å². The fraction of sp³-hybridized carbons (Fsp3) is 0.200. The summed E-state index contributed by atoms with van der Waals surface area (Å²) in [7, 11) is -4.06. The van der Waals surface area contributed by atoms with Crippen LogP contribution in [0.4, 0.5) is 5.69 Å². The summed E-state index contributed by atoms with van der Waals surface area (Å²) in [5.74, 6) is -1.04. The average molecular weight is 377 g/mol. The monoisotopic (exact) mass is 377 g/mol. The van der Waals surface area contributed by atoms with Crippen LogP contribution in [0.15, 0.2) is 62.7 Å². The van der Waals surface area contributed by atoms with E-state index in [1.165, 1.54) is 6.08 Å². The van der Waals surface area contributed by atoms with Crippen LogP contribution in [0.25, 0.3) is 0 Å². The molecule has 26 heavy (non-hydrogen) atoms. The van der Waals surface area contributed by atoms with E-state index in [1.807, 2.05) is 0 Å². The number of anilines is 1. The van der Waals surface area contributed by atoms with Gasteiger partial charge in [-0.1, -0.05) is 25.1 Å². The van der Waals surface area contributed by atoms with E-state index in [4.69, 9.17) is 0 Å². The van der Waals surface area contributed by atoms with Gasteiger partial charge in [-0.2, -0.15) is 8.42 Å². The van der Waals surface area contributed by atoms with Crippen LogP contribution >= 0.6 is 0 Å². The zero-order chi connectivity index (χ0) is 18.9. The van der Waals surface area contributed by atoms with E-state index in [9.17, 15) is 23.6 Å². The summed E-state index contributed by atoms with van der Waals surface area (Å²) in [6.45, 7) is 1.61. The number of nitro groups is 1. The highest BCUT2D eigenvalue weighted by Gasteiger charge is 2.32. The average Bonchev–Trinajstić information content (AvgIpc) is 2.84. The van der Waals surface area contributed by atoms with Crippen LogP contribution in [0.5, 0.6) is 0 Å². The zero-order valence-electron chi connectivity index (χ0n) is 13.5. The molecule has 1 aliphatic heterocycles. The van der Waals surface area contributed by atoms with Crippen LogP contribution < -0.4 is 10.6 Å². The second-order valence-corrected chi connectivity index (χ2v) is 6.97. The van der Waals surface area contributed by atoms with Crippen LogP contribution in [-0.4, -0.2) is 36.2 Å². The summed E-state index contributed by atoms with van der Waals surface area (Å²) in [4.78, 5) is 10.5. The fourth-order valence-corrected chi connectivity index (χ4v) is 3.26. The molecule has 1 aromatic carbocycles. The normalized spacial score (nSPS) is 24.0. The van der Waals surface area contributed by atoms with Gasteiger partial charge in [0.25, 0.3) is 0 Å². The molecular weight excluding hydrogens is 362 g/mol. The summed E-state index contributed by atoms with van der Waals surface area (Å²) in [5.41, 5.74) is 0.714. The Kier molecular flexibility index (Phi) is 4.47. The summed E-state index contributed by atoms with van der Waals surface area (Å²) >= 11 is 0. The number of nitrogens with zero attached hydrogens (tertiary/aromatic N) is 3. The number of nitrogens with one attached hydrogen (secondary N) is 2. The van der Waals surface area contributed by atoms with Gasteiger partial charge in [0, 0.05) is 22.6 Å². The van der Waals surface area contributed by atoms with Gasteiger partial charge in [0.05, 0.1) is 5.70 Å². The third kappa shape index (κ3) is 3.72. The van der Waals surface area contributed by atoms with Gasteiger partial charge >= 0.3 is 10.2 Å². The van der Waals surface area contributed by atoms with Crippen molar-refractivity contribution in [3.8, 4) is 0 Å². The highest BCUT2D eigenvalue weighted by molar-refractivity contribution is 7.89. The van der Waals surface area contributed by atoms with Crippen molar-refractivity contribution < 1.29 is 18.4 Å². The summed E-state index contributed by atoms with van der Waals surface area (Å²) in [6, 6.07) is 7.68. The number of para-hydroxylation sites is 1. The minimum absolute atomic E-state index is 0.0473. The number of benzene rings is 1. The van der Waals surface area contributed by atoms with E-state index in [1.54, 1.807) is 37.3 Å². The molecule has 10 nitrogen and oxygen atoms in total. The summed E-state index contributed by atoms with van der Waals surface area (Å²) in [6.07, 6.45) is 2.54. The molecule has 1 heterocycles. The van der Waals surface area contributed by atoms with Gasteiger partial charge in [-0.3, -0.25) is 10.1 Å². The summed E-state index contributed by atoms with van der Waals surface area (Å²) in [5, 5.41) is 26.5. The molecule has 0 bridgehead atoms. The molecule has 3 N–H and O–H groups in total. The molecule has 0 amide bonds. The molecule has 0 aromatic heterocycles. The molecular formula is C15H15N5O5S. The van der Waals surface area contributed by atoms with Crippen molar-refractivity contribution in [2.24, 2.45) is 14.7 Å². The largest absolute Gasteiger partial charge is 0.506 e. The van der Waals surface area contributed by atoms with Crippen molar-refractivity contribution >= 4 is 27.6 Å². The number of rotatable bonds is 3. The first kappa shape index (κ1) is 17.6. The number of amidine groups is 2. The number of aliphatic hydroxyl groups excluding tert-OH is 1. The first-order valence-corrected chi connectivity index (χ1v) is 8.95. The van der Waals surface area contributed by atoms with Crippen molar-refractivity contribution in [1.29, 1.82) is 0 Å². The van der Waals surface area contributed by atoms with Gasteiger partial charge in [0.15, 0.2) is 11.7 Å². The van der Waals surface area contributed by atoms with Gasteiger partial charge in [0.2, 0.25) is 6.04 Å². The standard InChI is InChI=1S/C15H15N5O5S/c1-9-7-11(13(21)8-12(9)20(22)23)17-15-14(18-26(24,25)19-15)16-10-5-3-2-4-6-10/h2-9,12,21H,1H3,(H,16,18)(H,17,19). The van der Waals surface area contributed by atoms with Gasteiger partial charge in [-0.15, -0.1) is 8.80 Å². The predicted octanol–water partition coefficient (Wildman–Crippen LogP) is 1.36. The quantitative estimate of drug-likeness (QED) is 0.532. The Morgan fingerprint density at radius 1 is 1.12 bits per heavy atom. The molecule has 0 spiro atoms. The van der Waals surface area contributed by atoms with E-state index in [0.29, 0.717) is 5.69 Å². The first-order chi connectivity index (χ1) is 12.2. The molecule has 11 heteroatoms. The minimum Gasteiger partial charge on any atom is -0.506 e. The van der Waals surface area contributed by atoms with Crippen LogP contribution in [0.2, 0.25) is 0 Å². The maximum Gasteiger partial charge on any atom is 0.367 e. The maximum absolute atomic E-state index is 11.7. The van der Waals surface area contributed by atoms with E-state index < -0.39 is 27.1 Å². The molecule has 0 fully saturated rings. The second-order valence-electron chi connectivity index (χ2n) is 5.71. The van der Waals surface area contributed by atoms with Crippen molar-refractivity contribution in [2.75, 3.05) is 5.32 Å². The van der Waals surface area contributed by atoms with Crippen molar-refractivity contribution in [2.45, 2.75) is 13.0 Å². The Morgan fingerprint density at radius 3 is 2.35 bits per heavy atom. The molecule has 3 rings (SSSR count). The first-order valence-electron chi connectivity index (χ1n) is 7.56. The molecule has 2 aliphatic rings. The number of hydrogen-bond acceptors (Lipinski definition) is 7. The van der Waals surface area contributed by atoms with Gasteiger partial charge in [0.1, 0.15) is 5.76 Å². The molecule has 2 atom stereocenters. The lowest BCUT2D eigenvalue weighted by molar-refractivity contribution is -0.516. The smallest absolute Gasteiger partial charge is 0.367 e. The lowest BCUT2D eigenvalue weighted by atomic mass is 9.95. The lowest BCUT2D eigenvalue weighted by Gasteiger charge is -2.20. The number of hydrogen-bond donors (Lipinski definition) is 3. The second kappa shape index (κ2) is 6.59. The molecule has 1 aromatic rings. The lowest BCUT2D eigenvalue weighted by Crippen LogP contribution is -2.37. The predicted molar refractivity (Wildman–Crippen MR) is 95.7 cm³/mol. The van der Waals surface area contributed by atoms with Crippen molar-refractivity contribution in [3.05, 3.63) is 64.1 Å². The Balaban J connectivity index is 1.84. The van der Waals surface area contributed by atoms with Gasteiger partial charge in [-0.25, -0.2) is 0 Å². The summed E-state index contributed by atoms with van der Waals surface area (Å²) < 4.78 is 30.5. The Bertz CT molecular complexity index is 965. The van der Waals surface area contributed by atoms with E-state index >= 15 is 0 Å². The Morgan fingerprint density at radius 2 is 1.73 bits per heavy atom.